The van der Waals surface area contributed by atoms with Crippen LogP contribution in [0, 0.1) is 5.82 Å². The summed E-state index contributed by atoms with van der Waals surface area (Å²) in [6, 6.07) is 12.0. The standard InChI is InChI=1S/C25H29FN2O2/c1-3-14-27(2)15-4-5-17-30-23-12-13-24-21(19-23)7-6-16-28(24)25(29)18-20-8-10-22(26)11-9-20/h3-5,8-13,19H,1,6-7,14-18H2,2H3. The highest BCUT2D eigenvalue weighted by Gasteiger charge is 2.23. The Morgan fingerprint density at radius 2 is 2.00 bits per heavy atom. The molecule has 2 aromatic rings. The number of benzene rings is 2. The van der Waals surface area contributed by atoms with Crippen molar-refractivity contribution < 1.29 is 13.9 Å². The Morgan fingerprint density at radius 3 is 2.77 bits per heavy atom. The van der Waals surface area contributed by atoms with Gasteiger partial charge in [0.1, 0.15) is 18.2 Å². The molecule has 3 rings (SSSR count). The van der Waals surface area contributed by atoms with Crippen LogP contribution in [-0.2, 0) is 17.6 Å². The van der Waals surface area contributed by atoms with Crippen molar-refractivity contribution in [2.24, 2.45) is 0 Å². The second kappa shape index (κ2) is 10.7. The number of halogens is 1. The molecule has 0 saturated heterocycles. The van der Waals surface area contributed by atoms with Gasteiger partial charge in [0.05, 0.1) is 6.42 Å². The van der Waals surface area contributed by atoms with Gasteiger partial charge in [-0.25, -0.2) is 4.39 Å². The van der Waals surface area contributed by atoms with Gasteiger partial charge in [-0.1, -0.05) is 30.4 Å². The van der Waals surface area contributed by atoms with Crippen molar-refractivity contribution in [3.8, 4) is 5.75 Å². The molecule has 5 heteroatoms. The van der Waals surface area contributed by atoms with Crippen LogP contribution in [0.15, 0.2) is 67.3 Å². The second-order valence-electron chi connectivity index (χ2n) is 7.53. The summed E-state index contributed by atoms with van der Waals surface area (Å²) in [7, 11) is 2.04. The fourth-order valence-electron chi connectivity index (χ4n) is 3.56. The lowest BCUT2D eigenvalue weighted by atomic mass is 10.0. The Balaban J connectivity index is 1.58. The Hall–Kier alpha value is -2.92. The number of likely N-dealkylation sites (N-methyl/N-ethyl adjacent to an activating group) is 1. The zero-order valence-electron chi connectivity index (χ0n) is 17.5. The number of nitrogens with zero attached hydrogens (tertiary/aromatic N) is 2. The summed E-state index contributed by atoms with van der Waals surface area (Å²) in [6.07, 6.45) is 8.08. The molecule has 30 heavy (non-hydrogen) atoms. The zero-order chi connectivity index (χ0) is 21.3. The van der Waals surface area contributed by atoms with Crippen molar-refractivity contribution in [2.45, 2.75) is 19.3 Å². The minimum Gasteiger partial charge on any atom is -0.490 e. The molecule has 0 radical (unpaired) electrons. The Kier molecular flexibility index (Phi) is 7.80. The first kappa shape index (κ1) is 21.8. The fraction of sp³-hybridized carbons (Fsp3) is 0.320. The summed E-state index contributed by atoms with van der Waals surface area (Å²) < 4.78 is 18.9. The molecular weight excluding hydrogens is 379 g/mol. The molecule has 0 fully saturated rings. The lowest BCUT2D eigenvalue weighted by Crippen LogP contribution is -2.36. The minimum absolute atomic E-state index is 0.0304. The van der Waals surface area contributed by atoms with E-state index < -0.39 is 0 Å². The van der Waals surface area contributed by atoms with E-state index in [0.717, 1.165) is 48.5 Å². The molecule has 0 atom stereocenters. The van der Waals surface area contributed by atoms with Crippen LogP contribution >= 0.6 is 0 Å². The molecule has 0 saturated carbocycles. The normalized spacial score (nSPS) is 13.5. The van der Waals surface area contributed by atoms with Crippen LogP contribution in [0.1, 0.15) is 17.5 Å². The maximum atomic E-state index is 13.1. The highest BCUT2D eigenvalue weighted by atomic mass is 19.1. The first-order valence-electron chi connectivity index (χ1n) is 10.3. The van der Waals surface area contributed by atoms with E-state index in [1.54, 1.807) is 12.1 Å². The van der Waals surface area contributed by atoms with Gasteiger partial charge < -0.3 is 9.64 Å². The van der Waals surface area contributed by atoms with Gasteiger partial charge in [0.2, 0.25) is 5.91 Å². The predicted octanol–water partition coefficient (Wildman–Crippen LogP) is 4.40. The third-order valence-electron chi connectivity index (χ3n) is 5.11. The van der Waals surface area contributed by atoms with E-state index in [-0.39, 0.29) is 18.1 Å². The van der Waals surface area contributed by atoms with E-state index in [4.69, 9.17) is 4.74 Å². The quantitative estimate of drug-likeness (QED) is 0.577. The summed E-state index contributed by atoms with van der Waals surface area (Å²) in [6.45, 7) is 6.65. The molecule has 0 N–H and O–H groups in total. The molecule has 0 unspecified atom stereocenters. The highest BCUT2D eigenvalue weighted by Crippen LogP contribution is 2.31. The van der Waals surface area contributed by atoms with Gasteiger partial charge in [0.15, 0.2) is 0 Å². The zero-order valence-corrected chi connectivity index (χ0v) is 17.5. The van der Waals surface area contributed by atoms with Gasteiger partial charge in [-0.05, 0) is 61.3 Å². The van der Waals surface area contributed by atoms with Crippen LogP contribution in [0.3, 0.4) is 0 Å². The number of aryl methyl sites for hydroxylation is 1. The van der Waals surface area contributed by atoms with Gasteiger partial charge >= 0.3 is 0 Å². The van der Waals surface area contributed by atoms with Gasteiger partial charge in [0.25, 0.3) is 0 Å². The number of hydrogen-bond donors (Lipinski definition) is 0. The molecule has 1 heterocycles. The smallest absolute Gasteiger partial charge is 0.231 e. The summed E-state index contributed by atoms with van der Waals surface area (Å²) in [5.41, 5.74) is 2.89. The Morgan fingerprint density at radius 1 is 1.20 bits per heavy atom. The number of rotatable bonds is 9. The van der Waals surface area contributed by atoms with Crippen molar-refractivity contribution in [3.63, 3.8) is 0 Å². The predicted molar refractivity (Wildman–Crippen MR) is 120 cm³/mol. The fourth-order valence-corrected chi connectivity index (χ4v) is 3.56. The van der Waals surface area contributed by atoms with E-state index >= 15 is 0 Å². The molecule has 1 amide bonds. The van der Waals surface area contributed by atoms with E-state index in [1.165, 1.54) is 12.1 Å². The van der Waals surface area contributed by atoms with Gasteiger partial charge in [-0.2, -0.15) is 0 Å². The lowest BCUT2D eigenvalue weighted by molar-refractivity contribution is -0.118. The van der Waals surface area contributed by atoms with Crippen LogP contribution in [0.2, 0.25) is 0 Å². The minimum atomic E-state index is -0.291. The van der Waals surface area contributed by atoms with Crippen LogP contribution in [0.25, 0.3) is 0 Å². The van der Waals surface area contributed by atoms with Gasteiger partial charge in [-0.15, -0.1) is 6.58 Å². The summed E-state index contributed by atoms with van der Waals surface area (Å²) in [5, 5.41) is 0. The molecule has 4 nitrogen and oxygen atoms in total. The molecule has 2 aromatic carbocycles. The SMILES string of the molecule is C=CCN(C)CC=CCOc1ccc2c(c1)CCCN2C(=O)Cc1ccc(F)cc1. The van der Waals surface area contributed by atoms with Gasteiger partial charge in [0, 0.05) is 25.3 Å². The molecular formula is C25H29FN2O2. The van der Waals surface area contributed by atoms with Crippen LogP contribution in [-0.4, -0.2) is 44.1 Å². The average molecular weight is 409 g/mol. The third-order valence-corrected chi connectivity index (χ3v) is 5.11. The Labute approximate surface area is 178 Å². The summed E-state index contributed by atoms with van der Waals surface area (Å²) in [5.74, 6) is 0.550. The summed E-state index contributed by atoms with van der Waals surface area (Å²) in [4.78, 5) is 16.8. The third kappa shape index (κ3) is 6.04. The number of hydrogen-bond acceptors (Lipinski definition) is 3. The molecule has 0 bridgehead atoms. The lowest BCUT2D eigenvalue weighted by Gasteiger charge is -2.30. The number of anilines is 1. The molecule has 0 aliphatic carbocycles. The van der Waals surface area contributed by atoms with E-state index in [1.807, 2.05) is 42.3 Å². The van der Waals surface area contributed by atoms with Crippen LogP contribution in [0.4, 0.5) is 10.1 Å². The van der Waals surface area contributed by atoms with E-state index in [0.29, 0.717) is 13.2 Å². The number of fused-ring (bicyclic) bond motifs is 1. The van der Waals surface area contributed by atoms with Crippen LogP contribution < -0.4 is 9.64 Å². The van der Waals surface area contributed by atoms with Crippen molar-refractivity contribution in [3.05, 3.63) is 84.2 Å². The van der Waals surface area contributed by atoms with Crippen molar-refractivity contribution in [2.75, 3.05) is 38.2 Å². The van der Waals surface area contributed by atoms with Crippen LogP contribution in [0.5, 0.6) is 5.75 Å². The Bertz CT molecular complexity index is 893. The molecule has 0 aromatic heterocycles. The maximum Gasteiger partial charge on any atom is 0.231 e. The molecule has 1 aliphatic rings. The first-order valence-corrected chi connectivity index (χ1v) is 10.3. The summed E-state index contributed by atoms with van der Waals surface area (Å²) >= 11 is 0. The molecule has 0 spiro atoms. The van der Waals surface area contributed by atoms with Crippen molar-refractivity contribution in [1.29, 1.82) is 0 Å². The van der Waals surface area contributed by atoms with E-state index in [9.17, 15) is 9.18 Å². The number of amides is 1. The van der Waals surface area contributed by atoms with Gasteiger partial charge in [-0.3, -0.25) is 9.69 Å². The largest absolute Gasteiger partial charge is 0.490 e. The highest BCUT2D eigenvalue weighted by molar-refractivity contribution is 5.96. The maximum absolute atomic E-state index is 13.1. The number of carbonyl (C=O) groups is 1. The second-order valence-corrected chi connectivity index (χ2v) is 7.53. The number of carbonyl (C=O) groups excluding carboxylic acids is 1. The van der Waals surface area contributed by atoms with Crippen molar-refractivity contribution in [1.82, 2.24) is 4.90 Å². The molecule has 1 aliphatic heterocycles. The monoisotopic (exact) mass is 408 g/mol. The van der Waals surface area contributed by atoms with Crippen molar-refractivity contribution >= 4 is 11.6 Å². The topological polar surface area (TPSA) is 32.8 Å². The van der Waals surface area contributed by atoms with E-state index in [2.05, 4.69) is 17.6 Å². The number of ether oxygens (including phenoxy) is 1. The molecule has 158 valence electrons. The first-order chi connectivity index (χ1) is 14.6. The average Bonchev–Trinajstić information content (AvgIpc) is 2.74.